The summed E-state index contributed by atoms with van der Waals surface area (Å²) in [6.45, 7) is 1.97. The number of hydrogen-bond donors (Lipinski definition) is 3. The van der Waals surface area contributed by atoms with Crippen molar-refractivity contribution >= 4 is 26.7 Å². The first-order valence-corrected chi connectivity index (χ1v) is 9.62. The highest BCUT2D eigenvalue weighted by Crippen LogP contribution is 2.42. The van der Waals surface area contributed by atoms with Gasteiger partial charge in [0.1, 0.15) is 4.90 Å². The molecule has 0 spiro atoms. The molecule has 118 valence electrons. The van der Waals surface area contributed by atoms with E-state index in [0.717, 1.165) is 12.8 Å². The number of sulfonamides is 1. The normalized spacial score (nSPS) is 16.7. The van der Waals surface area contributed by atoms with Crippen molar-refractivity contribution in [2.45, 2.75) is 30.6 Å². The van der Waals surface area contributed by atoms with Crippen molar-refractivity contribution in [2.24, 2.45) is 5.14 Å². The second kappa shape index (κ2) is 6.24. The molecule has 1 atom stereocenters. The average Bonchev–Trinajstić information content (AvgIpc) is 3.15. The van der Waals surface area contributed by atoms with Crippen LogP contribution < -0.4 is 10.5 Å². The van der Waals surface area contributed by atoms with Gasteiger partial charge in [-0.15, -0.1) is 0 Å². The summed E-state index contributed by atoms with van der Waals surface area (Å²) < 4.78 is 34.7. The van der Waals surface area contributed by atoms with Crippen LogP contribution in [0.1, 0.15) is 41.9 Å². The van der Waals surface area contributed by atoms with Crippen LogP contribution in [0, 0.1) is 0 Å². The number of primary sulfonamides is 1. The minimum absolute atomic E-state index is 0.0694. The fraction of sp³-hybridized carbons (Fsp3) is 0.636. The molecule has 1 heterocycles. The maximum Gasteiger partial charge on any atom is 0.273 e. The zero-order valence-electron chi connectivity index (χ0n) is 11.6. The van der Waals surface area contributed by atoms with E-state index >= 15 is 0 Å². The molecule has 4 N–H and O–H groups in total. The third-order valence-electron chi connectivity index (χ3n) is 3.17. The number of aromatic nitrogens is 2. The summed E-state index contributed by atoms with van der Waals surface area (Å²) in [7, 11) is -5.03. The number of rotatable bonds is 7. The summed E-state index contributed by atoms with van der Waals surface area (Å²) in [5.41, 5.74) is 0.182. The van der Waals surface area contributed by atoms with E-state index in [2.05, 4.69) is 15.5 Å². The van der Waals surface area contributed by atoms with Gasteiger partial charge in [0, 0.05) is 34.8 Å². The van der Waals surface area contributed by atoms with E-state index in [9.17, 15) is 17.4 Å². The largest absolute Gasteiger partial charge is 0.350 e. The molecule has 2 rings (SSSR count). The lowest BCUT2D eigenvalue weighted by Crippen LogP contribution is -2.30. The monoisotopic (exact) mass is 334 g/mol. The van der Waals surface area contributed by atoms with E-state index < -0.39 is 26.7 Å². The number of amides is 1. The van der Waals surface area contributed by atoms with Crippen LogP contribution in [0.2, 0.25) is 0 Å². The second-order valence-electron chi connectivity index (χ2n) is 4.82. The molecule has 10 heteroatoms. The minimum Gasteiger partial charge on any atom is -0.350 e. The number of nitrogens with zero attached hydrogens (tertiary/aromatic N) is 1. The van der Waals surface area contributed by atoms with Crippen LogP contribution in [0.4, 0.5) is 0 Å². The molecule has 21 heavy (non-hydrogen) atoms. The van der Waals surface area contributed by atoms with Gasteiger partial charge in [-0.1, -0.05) is 6.92 Å². The van der Waals surface area contributed by atoms with Crippen molar-refractivity contribution in [1.82, 2.24) is 15.5 Å². The van der Waals surface area contributed by atoms with Gasteiger partial charge < -0.3 is 5.32 Å². The molecule has 0 bridgehead atoms. The van der Waals surface area contributed by atoms with Gasteiger partial charge in [0.25, 0.3) is 5.91 Å². The lowest BCUT2D eigenvalue weighted by molar-refractivity contribution is 0.0948. The van der Waals surface area contributed by atoms with Crippen molar-refractivity contribution in [3.8, 4) is 0 Å². The highest BCUT2D eigenvalue weighted by molar-refractivity contribution is 7.89. The van der Waals surface area contributed by atoms with Gasteiger partial charge in [-0.05, 0) is 12.8 Å². The Balaban J connectivity index is 2.16. The van der Waals surface area contributed by atoms with Gasteiger partial charge in [0.15, 0.2) is 5.69 Å². The quantitative estimate of drug-likeness (QED) is 0.614. The molecule has 1 aromatic rings. The summed E-state index contributed by atoms with van der Waals surface area (Å²) >= 11 is 0. The Morgan fingerprint density at radius 2 is 2.19 bits per heavy atom. The van der Waals surface area contributed by atoms with Gasteiger partial charge >= 0.3 is 0 Å². The Bertz CT molecular complexity index is 664. The highest BCUT2D eigenvalue weighted by Gasteiger charge is 2.35. The van der Waals surface area contributed by atoms with Crippen molar-refractivity contribution in [3.05, 3.63) is 11.4 Å². The molecule has 1 fully saturated rings. The molecule has 1 aliphatic rings. The number of carbonyl (C=O) groups excluding carboxylic acids is 1. The van der Waals surface area contributed by atoms with E-state index in [4.69, 9.17) is 5.14 Å². The van der Waals surface area contributed by atoms with E-state index in [1.165, 1.54) is 0 Å². The zero-order chi connectivity index (χ0) is 15.6. The lowest BCUT2D eigenvalue weighted by atomic mass is 10.2. The second-order valence-corrected chi connectivity index (χ2v) is 8.19. The van der Waals surface area contributed by atoms with Crippen molar-refractivity contribution in [3.63, 3.8) is 0 Å². The first-order valence-electron chi connectivity index (χ1n) is 6.58. The molecule has 0 aromatic carbocycles. The van der Waals surface area contributed by atoms with E-state index in [1.807, 2.05) is 0 Å². The predicted octanol–water partition coefficient (Wildman–Crippen LogP) is -0.567. The summed E-state index contributed by atoms with van der Waals surface area (Å²) in [5, 5.41) is 14.1. The molecule has 1 amide bonds. The summed E-state index contributed by atoms with van der Waals surface area (Å²) in [4.78, 5) is 11.8. The van der Waals surface area contributed by atoms with E-state index in [1.54, 1.807) is 6.92 Å². The third kappa shape index (κ3) is 3.89. The van der Waals surface area contributed by atoms with Crippen LogP contribution in [-0.2, 0) is 20.8 Å². The fourth-order valence-electron chi connectivity index (χ4n) is 1.94. The van der Waals surface area contributed by atoms with Gasteiger partial charge in [0.2, 0.25) is 10.0 Å². The van der Waals surface area contributed by atoms with Gasteiger partial charge in [-0.2, -0.15) is 5.10 Å². The topological polar surface area (TPSA) is 135 Å². The SMILES string of the molecule is CCS(=O)CCNC(=O)c1n[nH]c(C2CC2)c1S(N)(=O)=O. The third-order valence-corrected chi connectivity index (χ3v) is 5.46. The fourth-order valence-corrected chi connectivity index (χ4v) is 3.49. The first-order chi connectivity index (χ1) is 9.84. The maximum absolute atomic E-state index is 12.0. The molecular formula is C11H18N4O4S2. The Hall–Kier alpha value is -1.26. The van der Waals surface area contributed by atoms with Crippen LogP contribution in [0.25, 0.3) is 0 Å². The van der Waals surface area contributed by atoms with Crippen molar-refractivity contribution in [1.29, 1.82) is 0 Å². The van der Waals surface area contributed by atoms with Crippen molar-refractivity contribution in [2.75, 3.05) is 18.1 Å². The van der Waals surface area contributed by atoms with E-state index in [-0.39, 0.29) is 23.1 Å². The minimum atomic E-state index is -4.03. The van der Waals surface area contributed by atoms with Crippen LogP contribution in [0.3, 0.4) is 0 Å². The lowest BCUT2D eigenvalue weighted by Gasteiger charge is -2.05. The smallest absolute Gasteiger partial charge is 0.273 e. The molecule has 1 aromatic heterocycles. The summed E-state index contributed by atoms with van der Waals surface area (Å²) in [6.07, 6.45) is 1.70. The zero-order valence-corrected chi connectivity index (χ0v) is 13.2. The molecule has 0 saturated heterocycles. The van der Waals surface area contributed by atoms with E-state index in [0.29, 0.717) is 17.2 Å². The average molecular weight is 334 g/mol. The number of hydrogen-bond acceptors (Lipinski definition) is 5. The van der Waals surface area contributed by atoms with Crippen LogP contribution >= 0.6 is 0 Å². The summed E-state index contributed by atoms with van der Waals surface area (Å²) in [6, 6.07) is 0. The number of nitrogens with two attached hydrogens (primary N) is 1. The molecular weight excluding hydrogens is 316 g/mol. The summed E-state index contributed by atoms with van der Waals surface area (Å²) in [5.74, 6) is 0.259. The van der Waals surface area contributed by atoms with Crippen LogP contribution in [0.5, 0.6) is 0 Å². The van der Waals surface area contributed by atoms with Crippen LogP contribution in [-0.4, -0.2) is 46.8 Å². The predicted molar refractivity (Wildman–Crippen MR) is 77.8 cm³/mol. The van der Waals surface area contributed by atoms with Gasteiger partial charge in [-0.3, -0.25) is 14.1 Å². The highest BCUT2D eigenvalue weighted by atomic mass is 32.2. The number of carbonyl (C=O) groups is 1. The molecule has 1 aliphatic carbocycles. The molecule has 0 aliphatic heterocycles. The standard InChI is InChI=1S/C11H18N4O4S2/c1-2-20(17)6-5-13-11(16)9-10(21(12,18)19)8(14-15-9)7-3-4-7/h7H,2-6H2,1H3,(H,13,16)(H,14,15)(H2,12,18,19). The Morgan fingerprint density at radius 1 is 1.52 bits per heavy atom. The Kier molecular flexibility index (Phi) is 4.79. The molecule has 1 saturated carbocycles. The first kappa shape index (κ1) is 16.1. The molecule has 0 radical (unpaired) electrons. The number of nitrogens with one attached hydrogen (secondary N) is 2. The molecule has 1 unspecified atom stereocenters. The maximum atomic E-state index is 12.0. The van der Waals surface area contributed by atoms with Gasteiger partial charge in [-0.25, -0.2) is 13.6 Å². The van der Waals surface area contributed by atoms with Crippen molar-refractivity contribution < 1.29 is 17.4 Å². The molecule has 8 nitrogen and oxygen atoms in total. The number of aromatic amines is 1. The van der Waals surface area contributed by atoms with Gasteiger partial charge in [0.05, 0.1) is 5.69 Å². The Morgan fingerprint density at radius 3 is 2.71 bits per heavy atom. The number of H-pyrrole nitrogens is 1. The Labute approximate surface area is 125 Å². The van der Waals surface area contributed by atoms with Crippen LogP contribution in [0.15, 0.2) is 4.90 Å².